The van der Waals surface area contributed by atoms with Gasteiger partial charge in [0.15, 0.2) is 0 Å². The zero-order chi connectivity index (χ0) is 17.1. The highest BCUT2D eigenvalue weighted by Crippen LogP contribution is 2.27. The van der Waals surface area contributed by atoms with E-state index in [9.17, 15) is 4.79 Å². The molecule has 2 aliphatic heterocycles. The second-order valence-corrected chi connectivity index (χ2v) is 7.23. The second kappa shape index (κ2) is 7.36. The molecule has 0 unspecified atom stereocenters. The summed E-state index contributed by atoms with van der Waals surface area (Å²) in [6.45, 7) is 3.44. The van der Waals surface area contributed by atoms with Gasteiger partial charge < -0.3 is 4.90 Å². The number of benzene rings is 1. The number of amides is 1. The van der Waals surface area contributed by atoms with Crippen LogP contribution in [-0.4, -0.2) is 42.0 Å². The van der Waals surface area contributed by atoms with Crippen LogP contribution in [0.25, 0.3) is 0 Å². The molecule has 4 nitrogen and oxygen atoms in total. The molecule has 1 aromatic carbocycles. The smallest absolute Gasteiger partial charge is 0.241 e. The molecule has 0 spiro atoms. The fourth-order valence-corrected chi connectivity index (χ4v) is 4.14. The molecular weight excluding hydrogens is 310 g/mol. The molecule has 2 aromatic rings. The average Bonchev–Trinajstić information content (AvgIpc) is 3.09. The van der Waals surface area contributed by atoms with E-state index in [0.717, 1.165) is 44.6 Å². The van der Waals surface area contributed by atoms with Gasteiger partial charge in [-0.05, 0) is 67.5 Å². The van der Waals surface area contributed by atoms with Gasteiger partial charge in [-0.3, -0.25) is 14.7 Å². The first-order valence-corrected chi connectivity index (χ1v) is 9.29. The molecule has 3 heterocycles. The normalized spacial score (nSPS) is 20.5. The van der Waals surface area contributed by atoms with Crippen molar-refractivity contribution in [3.63, 3.8) is 0 Å². The fourth-order valence-electron chi connectivity index (χ4n) is 4.14. The molecule has 1 fully saturated rings. The van der Waals surface area contributed by atoms with E-state index in [4.69, 9.17) is 0 Å². The van der Waals surface area contributed by atoms with Gasteiger partial charge in [0.05, 0.1) is 6.54 Å². The number of nitrogens with zero attached hydrogens (tertiary/aromatic N) is 3. The number of aromatic nitrogens is 1. The third kappa shape index (κ3) is 3.74. The van der Waals surface area contributed by atoms with Gasteiger partial charge in [0.2, 0.25) is 5.91 Å². The number of pyridine rings is 1. The molecule has 1 saturated heterocycles. The lowest BCUT2D eigenvalue weighted by molar-refractivity contribution is -0.119. The van der Waals surface area contributed by atoms with Gasteiger partial charge >= 0.3 is 0 Å². The van der Waals surface area contributed by atoms with Gasteiger partial charge in [-0.25, -0.2) is 0 Å². The van der Waals surface area contributed by atoms with E-state index in [0.29, 0.717) is 12.5 Å². The zero-order valence-electron chi connectivity index (χ0n) is 14.6. The number of carbonyl (C=O) groups excluding carboxylic acids is 1. The first-order chi connectivity index (χ1) is 12.3. The third-order valence-corrected chi connectivity index (χ3v) is 5.41. The zero-order valence-corrected chi connectivity index (χ0v) is 14.6. The van der Waals surface area contributed by atoms with Crippen molar-refractivity contribution in [1.82, 2.24) is 9.88 Å². The number of para-hydroxylation sites is 1. The van der Waals surface area contributed by atoms with Crippen molar-refractivity contribution in [3.05, 3.63) is 59.9 Å². The highest BCUT2D eigenvalue weighted by Gasteiger charge is 2.28. The third-order valence-electron chi connectivity index (χ3n) is 5.41. The number of hydrogen-bond acceptors (Lipinski definition) is 3. The van der Waals surface area contributed by atoms with Gasteiger partial charge in [-0.2, -0.15) is 0 Å². The summed E-state index contributed by atoms with van der Waals surface area (Å²) in [5, 5.41) is 0. The molecule has 2 aliphatic rings. The van der Waals surface area contributed by atoms with Crippen LogP contribution in [0.15, 0.2) is 48.8 Å². The van der Waals surface area contributed by atoms with Crippen LogP contribution in [0, 0.1) is 5.92 Å². The van der Waals surface area contributed by atoms with E-state index < -0.39 is 0 Å². The summed E-state index contributed by atoms with van der Waals surface area (Å²) in [6.07, 6.45) is 8.12. The summed E-state index contributed by atoms with van der Waals surface area (Å²) in [4.78, 5) is 21.3. The minimum Gasteiger partial charge on any atom is -0.311 e. The molecule has 4 heteroatoms. The molecule has 1 amide bonds. The minimum atomic E-state index is 0.247. The van der Waals surface area contributed by atoms with Gasteiger partial charge in [0.25, 0.3) is 0 Å². The summed E-state index contributed by atoms with van der Waals surface area (Å²) in [7, 11) is 0. The Kier molecular flexibility index (Phi) is 4.79. The summed E-state index contributed by atoms with van der Waals surface area (Å²) >= 11 is 0. The van der Waals surface area contributed by atoms with Gasteiger partial charge in [-0.15, -0.1) is 0 Å². The summed E-state index contributed by atoms with van der Waals surface area (Å²) in [6, 6.07) is 12.5. The van der Waals surface area contributed by atoms with Crippen molar-refractivity contribution in [2.24, 2.45) is 5.92 Å². The average molecular weight is 335 g/mol. The maximum Gasteiger partial charge on any atom is 0.241 e. The number of anilines is 1. The van der Waals surface area contributed by atoms with Crippen LogP contribution >= 0.6 is 0 Å². The predicted molar refractivity (Wildman–Crippen MR) is 99.6 cm³/mol. The van der Waals surface area contributed by atoms with E-state index in [1.54, 1.807) is 0 Å². The Morgan fingerprint density at radius 3 is 2.84 bits per heavy atom. The monoisotopic (exact) mass is 335 g/mol. The van der Waals surface area contributed by atoms with E-state index in [1.165, 1.54) is 17.5 Å². The molecule has 1 atom stereocenters. The van der Waals surface area contributed by atoms with Crippen LogP contribution in [0.4, 0.5) is 5.69 Å². The van der Waals surface area contributed by atoms with E-state index in [2.05, 4.69) is 40.2 Å². The van der Waals surface area contributed by atoms with Gasteiger partial charge in [-0.1, -0.05) is 18.2 Å². The lowest BCUT2D eigenvalue weighted by Crippen LogP contribution is -2.42. The highest BCUT2D eigenvalue weighted by molar-refractivity contribution is 5.95. The molecule has 0 saturated carbocycles. The molecule has 1 aromatic heterocycles. The highest BCUT2D eigenvalue weighted by atomic mass is 16.2. The van der Waals surface area contributed by atoms with Crippen LogP contribution in [0.1, 0.15) is 24.0 Å². The fraction of sp³-hybridized carbons (Fsp3) is 0.429. The van der Waals surface area contributed by atoms with Gasteiger partial charge in [0.1, 0.15) is 0 Å². The molecular formula is C21H25N3O. The van der Waals surface area contributed by atoms with Crippen molar-refractivity contribution in [2.75, 3.05) is 31.1 Å². The Balaban J connectivity index is 1.35. The molecule has 0 radical (unpaired) electrons. The number of hydrogen-bond donors (Lipinski definition) is 0. The van der Waals surface area contributed by atoms with Crippen molar-refractivity contribution >= 4 is 11.6 Å². The lowest BCUT2D eigenvalue weighted by atomic mass is 10.00. The van der Waals surface area contributed by atoms with Crippen molar-refractivity contribution < 1.29 is 4.79 Å². The molecule has 0 N–H and O–H groups in total. The van der Waals surface area contributed by atoms with Gasteiger partial charge in [0, 0.05) is 31.2 Å². The van der Waals surface area contributed by atoms with Crippen LogP contribution in [0.2, 0.25) is 0 Å². The van der Waals surface area contributed by atoms with Crippen LogP contribution in [0.5, 0.6) is 0 Å². The Bertz CT molecular complexity index is 731. The number of carbonyl (C=O) groups is 1. The molecule has 0 aliphatic carbocycles. The molecule has 4 rings (SSSR count). The maximum atomic E-state index is 12.9. The minimum absolute atomic E-state index is 0.247. The van der Waals surface area contributed by atoms with E-state index in [-0.39, 0.29) is 5.91 Å². The van der Waals surface area contributed by atoms with Crippen molar-refractivity contribution in [3.8, 4) is 0 Å². The van der Waals surface area contributed by atoms with E-state index >= 15 is 0 Å². The largest absolute Gasteiger partial charge is 0.311 e. The molecule has 130 valence electrons. The first-order valence-electron chi connectivity index (χ1n) is 9.29. The number of rotatable bonds is 4. The van der Waals surface area contributed by atoms with Crippen molar-refractivity contribution in [2.45, 2.75) is 25.7 Å². The second-order valence-electron chi connectivity index (χ2n) is 7.23. The summed E-state index contributed by atoms with van der Waals surface area (Å²) in [5.41, 5.74) is 3.77. The van der Waals surface area contributed by atoms with Crippen LogP contribution in [-0.2, 0) is 17.6 Å². The number of fused-ring (bicyclic) bond motifs is 1. The maximum absolute atomic E-state index is 12.9. The quantitative estimate of drug-likeness (QED) is 0.862. The molecule has 0 bridgehead atoms. The number of likely N-dealkylation sites (tertiary alicyclic amines) is 1. The van der Waals surface area contributed by atoms with Crippen LogP contribution in [0.3, 0.4) is 0 Å². The Labute approximate surface area is 149 Å². The van der Waals surface area contributed by atoms with Crippen LogP contribution < -0.4 is 4.90 Å². The Morgan fingerprint density at radius 1 is 1.12 bits per heavy atom. The lowest BCUT2D eigenvalue weighted by Gasteiger charge is -2.31. The summed E-state index contributed by atoms with van der Waals surface area (Å²) in [5.74, 6) is 0.889. The standard InChI is InChI=1S/C21H25N3O/c25-21(24-12-3-5-19-4-1-2-6-20(19)24)16-23-13-9-18(15-23)14-17-7-10-22-11-8-17/h1-2,4,6-8,10-11,18H,3,5,9,12-16H2/t18-/m1/s1. The molecule has 25 heavy (non-hydrogen) atoms. The summed E-state index contributed by atoms with van der Waals surface area (Å²) < 4.78 is 0. The van der Waals surface area contributed by atoms with Crippen molar-refractivity contribution in [1.29, 1.82) is 0 Å². The SMILES string of the molecule is O=C(CN1CC[C@H](Cc2ccncc2)C1)N1CCCc2ccccc21. The first kappa shape index (κ1) is 16.3. The number of aryl methyl sites for hydroxylation is 1. The Hall–Kier alpha value is -2.20. The topological polar surface area (TPSA) is 36.4 Å². The predicted octanol–water partition coefficient (Wildman–Crippen LogP) is 2.93. The Morgan fingerprint density at radius 2 is 1.96 bits per heavy atom. The van der Waals surface area contributed by atoms with E-state index in [1.807, 2.05) is 23.4 Å².